The molecule has 3 atom stereocenters. The number of likely N-dealkylation sites (tertiary alicyclic amines) is 1. The summed E-state index contributed by atoms with van der Waals surface area (Å²) in [5.41, 5.74) is 8.64. The largest absolute Gasteiger partial charge is 0.377 e. The Balaban J connectivity index is 2.11. The summed E-state index contributed by atoms with van der Waals surface area (Å²) in [5.74, 6) is 0. The second-order valence-electron chi connectivity index (χ2n) is 5.35. The maximum atomic E-state index is 6.01. The summed E-state index contributed by atoms with van der Waals surface area (Å²) in [5, 5.41) is 0. The Morgan fingerprint density at radius 3 is 2.10 bits per heavy atom. The fourth-order valence-electron chi connectivity index (χ4n) is 2.95. The van der Waals surface area contributed by atoms with Crippen LogP contribution in [-0.2, 0) is 15.9 Å². The number of ether oxygens (including phenoxy) is 2. The van der Waals surface area contributed by atoms with Gasteiger partial charge < -0.3 is 15.2 Å². The molecule has 0 aromatic heterocycles. The number of nitrogens with zero attached hydrogens (tertiary/aromatic N) is 1. The zero-order valence-corrected chi connectivity index (χ0v) is 12.7. The maximum Gasteiger partial charge on any atom is 0.0972 e. The topological polar surface area (TPSA) is 47.7 Å². The van der Waals surface area contributed by atoms with Gasteiger partial charge in [0.1, 0.15) is 0 Å². The molecule has 0 amide bonds. The van der Waals surface area contributed by atoms with Crippen LogP contribution in [0.1, 0.15) is 24.1 Å². The van der Waals surface area contributed by atoms with Crippen molar-refractivity contribution >= 4 is 0 Å². The number of rotatable bonds is 6. The average molecular weight is 278 g/mol. The zero-order chi connectivity index (χ0) is 14.5. The van der Waals surface area contributed by atoms with E-state index in [1.165, 1.54) is 11.1 Å². The number of hydrogen-bond donors (Lipinski definition) is 1. The molecule has 0 spiro atoms. The lowest BCUT2D eigenvalue weighted by Crippen LogP contribution is -2.33. The first kappa shape index (κ1) is 15.4. The van der Waals surface area contributed by atoms with E-state index in [0.717, 1.165) is 19.5 Å². The third-order valence-electron chi connectivity index (χ3n) is 4.29. The molecule has 1 saturated heterocycles. The van der Waals surface area contributed by atoms with Gasteiger partial charge in [-0.2, -0.15) is 0 Å². The summed E-state index contributed by atoms with van der Waals surface area (Å²) in [4.78, 5) is 2.36. The molecule has 0 bridgehead atoms. The summed E-state index contributed by atoms with van der Waals surface area (Å²) >= 11 is 0. The first-order valence-electron chi connectivity index (χ1n) is 7.32. The normalized spacial score (nSPS) is 25.0. The van der Waals surface area contributed by atoms with Gasteiger partial charge in [-0.1, -0.05) is 31.2 Å². The van der Waals surface area contributed by atoms with Gasteiger partial charge in [0, 0.05) is 39.9 Å². The minimum absolute atomic E-state index is 0.129. The standard InChI is InChI=1S/C16H26N2O2/c1-4-12-5-7-13(8-6-12)14(9-17)18-10-15(19-2)16(11-18)20-3/h5-8,14-16H,4,9-11,17H2,1-3H3. The summed E-state index contributed by atoms with van der Waals surface area (Å²) in [6.07, 6.45) is 1.32. The third-order valence-corrected chi connectivity index (χ3v) is 4.29. The Hall–Kier alpha value is -0.940. The van der Waals surface area contributed by atoms with Crippen molar-refractivity contribution in [2.24, 2.45) is 5.73 Å². The Bertz CT molecular complexity index is 395. The lowest BCUT2D eigenvalue weighted by molar-refractivity contribution is -0.00461. The highest BCUT2D eigenvalue weighted by Crippen LogP contribution is 2.27. The molecule has 0 radical (unpaired) electrons. The van der Waals surface area contributed by atoms with Crippen LogP contribution in [0.3, 0.4) is 0 Å². The predicted molar refractivity (Wildman–Crippen MR) is 80.8 cm³/mol. The van der Waals surface area contributed by atoms with Gasteiger partial charge in [-0.05, 0) is 17.5 Å². The molecule has 1 aliphatic rings. The van der Waals surface area contributed by atoms with Crippen molar-refractivity contribution in [3.8, 4) is 0 Å². The average Bonchev–Trinajstić information content (AvgIpc) is 2.92. The molecule has 4 nitrogen and oxygen atoms in total. The number of hydrogen-bond acceptors (Lipinski definition) is 4. The van der Waals surface area contributed by atoms with Crippen molar-refractivity contribution in [1.29, 1.82) is 0 Å². The minimum Gasteiger partial charge on any atom is -0.377 e. The van der Waals surface area contributed by atoms with Crippen LogP contribution in [0.2, 0.25) is 0 Å². The lowest BCUT2D eigenvalue weighted by atomic mass is 10.0. The first-order valence-corrected chi connectivity index (χ1v) is 7.32. The SMILES string of the molecule is CCc1ccc(C(CN)N2CC(OC)C(OC)C2)cc1. The summed E-state index contributed by atoms with van der Waals surface area (Å²) in [6, 6.07) is 9.00. The fraction of sp³-hybridized carbons (Fsp3) is 0.625. The van der Waals surface area contributed by atoms with Crippen LogP contribution in [-0.4, -0.2) is 51.0 Å². The lowest BCUT2D eigenvalue weighted by Gasteiger charge is -2.27. The molecule has 1 aromatic carbocycles. The number of benzene rings is 1. The first-order chi connectivity index (χ1) is 9.73. The minimum atomic E-state index is 0.129. The molecule has 20 heavy (non-hydrogen) atoms. The summed E-state index contributed by atoms with van der Waals surface area (Å²) in [7, 11) is 3.49. The van der Waals surface area contributed by atoms with Gasteiger partial charge >= 0.3 is 0 Å². The number of methoxy groups -OCH3 is 2. The molecule has 1 fully saturated rings. The van der Waals surface area contributed by atoms with E-state index in [0.29, 0.717) is 6.54 Å². The van der Waals surface area contributed by atoms with E-state index in [9.17, 15) is 0 Å². The quantitative estimate of drug-likeness (QED) is 0.858. The van der Waals surface area contributed by atoms with Gasteiger partial charge in [0.2, 0.25) is 0 Å². The van der Waals surface area contributed by atoms with E-state index in [1.54, 1.807) is 14.2 Å². The highest BCUT2D eigenvalue weighted by Gasteiger charge is 2.36. The van der Waals surface area contributed by atoms with Crippen molar-refractivity contribution in [1.82, 2.24) is 4.90 Å². The van der Waals surface area contributed by atoms with E-state index in [4.69, 9.17) is 15.2 Å². The van der Waals surface area contributed by atoms with Crippen LogP contribution in [0, 0.1) is 0 Å². The molecule has 112 valence electrons. The van der Waals surface area contributed by atoms with Gasteiger partial charge in [-0.3, -0.25) is 4.90 Å². The smallest absolute Gasteiger partial charge is 0.0972 e. The molecular formula is C16H26N2O2. The van der Waals surface area contributed by atoms with Crippen LogP contribution in [0.15, 0.2) is 24.3 Å². The van der Waals surface area contributed by atoms with Crippen molar-refractivity contribution in [3.63, 3.8) is 0 Å². The molecule has 0 saturated carbocycles. The Morgan fingerprint density at radius 1 is 1.15 bits per heavy atom. The molecule has 1 heterocycles. The highest BCUT2D eigenvalue weighted by atomic mass is 16.5. The zero-order valence-electron chi connectivity index (χ0n) is 12.7. The van der Waals surface area contributed by atoms with E-state index in [-0.39, 0.29) is 18.2 Å². The van der Waals surface area contributed by atoms with Gasteiger partial charge in [0.25, 0.3) is 0 Å². The van der Waals surface area contributed by atoms with Crippen LogP contribution < -0.4 is 5.73 Å². The van der Waals surface area contributed by atoms with Gasteiger partial charge in [0.15, 0.2) is 0 Å². The molecular weight excluding hydrogens is 252 g/mol. The molecule has 1 aromatic rings. The molecule has 3 unspecified atom stereocenters. The van der Waals surface area contributed by atoms with Crippen molar-refractivity contribution in [3.05, 3.63) is 35.4 Å². The molecule has 2 rings (SSSR count). The summed E-state index contributed by atoms with van der Waals surface area (Å²) in [6.45, 7) is 4.51. The second kappa shape index (κ2) is 7.18. The van der Waals surface area contributed by atoms with E-state index in [2.05, 4.69) is 36.1 Å². The van der Waals surface area contributed by atoms with Crippen molar-refractivity contribution < 1.29 is 9.47 Å². The Morgan fingerprint density at radius 2 is 1.70 bits per heavy atom. The van der Waals surface area contributed by atoms with E-state index in [1.807, 2.05) is 0 Å². The van der Waals surface area contributed by atoms with Crippen LogP contribution >= 0.6 is 0 Å². The second-order valence-corrected chi connectivity index (χ2v) is 5.35. The fourth-order valence-corrected chi connectivity index (χ4v) is 2.95. The van der Waals surface area contributed by atoms with Crippen LogP contribution in [0.4, 0.5) is 0 Å². The maximum absolute atomic E-state index is 6.01. The van der Waals surface area contributed by atoms with Gasteiger partial charge in [0.05, 0.1) is 12.2 Å². The highest BCUT2D eigenvalue weighted by molar-refractivity contribution is 5.25. The third kappa shape index (κ3) is 3.20. The molecule has 0 aliphatic carbocycles. The van der Waals surface area contributed by atoms with Gasteiger partial charge in [-0.25, -0.2) is 0 Å². The van der Waals surface area contributed by atoms with Crippen molar-refractivity contribution in [2.75, 3.05) is 33.9 Å². The van der Waals surface area contributed by atoms with Crippen LogP contribution in [0.5, 0.6) is 0 Å². The Labute approximate surface area is 121 Å². The molecule has 1 aliphatic heterocycles. The molecule has 4 heteroatoms. The number of nitrogens with two attached hydrogens (primary N) is 1. The number of aryl methyl sites for hydroxylation is 1. The van der Waals surface area contributed by atoms with E-state index >= 15 is 0 Å². The van der Waals surface area contributed by atoms with E-state index < -0.39 is 0 Å². The monoisotopic (exact) mass is 278 g/mol. The predicted octanol–water partition coefficient (Wildman–Crippen LogP) is 1.59. The Kier molecular flexibility index (Phi) is 5.54. The molecule has 2 N–H and O–H groups in total. The van der Waals surface area contributed by atoms with Gasteiger partial charge in [-0.15, -0.1) is 0 Å². The van der Waals surface area contributed by atoms with Crippen molar-refractivity contribution in [2.45, 2.75) is 31.6 Å². The summed E-state index contributed by atoms with van der Waals surface area (Å²) < 4.78 is 11.0. The van der Waals surface area contributed by atoms with Crippen LogP contribution in [0.25, 0.3) is 0 Å².